The first-order chi connectivity index (χ1) is 9.38. The van der Waals surface area contributed by atoms with E-state index >= 15 is 0 Å². The van der Waals surface area contributed by atoms with Gasteiger partial charge in [-0.3, -0.25) is 4.79 Å². The van der Waals surface area contributed by atoms with Gasteiger partial charge in [0.25, 0.3) is 5.91 Å². The van der Waals surface area contributed by atoms with Gasteiger partial charge in [0.05, 0.1) is 11.4 Å². The van der Waals surface area contributed by atoms with Crippen LogP contribution >= 0.6 is 11.3 Å². The molecule has 4 N–H and O–H groups in total. The average Bonchev–Trinajstić information content (AvgIpc) is 2.74. The van der Waals surface area contributed by atoms with E-state index in [9.17, 15) is 13.2 Å². The SMILES string of the molecule is C=CCNC(=O)c1sc(NCC)c(S(=O)(=O)CC)c1N. The number of nitrogens with two attached hydrogens (primary N) is 1. The molecule has 1 rings (SSSR count). The third kappa shape index (κ3) is 3.31. The van der Waals surface area contributed by atoms with Crippen LogP contribution in [-0.4, -0.2) is 33.2 Å². The van der Waals surface area contributed by atoms with Crippen molar-refractivity contribution in [1.82, 2.24) is 5.32 Å². The monoisotopic (exact) mass is 317 g/mol. The Morgan fingerprint density at radius 2 is 2.10 bits per heavy atom. The lowest BCUT2D eigenvalue weighted by Crippen LogP contribution is -2.23. The topological polar surface area (TPSA) is 101 Å². The molecule has 1 aromatic heterocycles. The fourth-order valence-electron chi connectivity index (χ4n) is 1.57. The number of hydrogen-bond donors (Lipinski definition) is 3. The van der Waals surface area contributed by atoms with Crippen molar-refractivity contribution >= 4 is 37.8 Å². The second kappa shape index (κ2) is 6.76. The molecule has 0 saturated heterocycles. The molecule has 0 unspecified atom stereocenters. The van der Waals surface area contributed by atoms with E-state index < -0.39 is 15.7 Å². The number of thiophene rings is 1. The van der Waals surface area contributed by atoms with Gasteiger partial charge in [-0.25, -0.2) is 8.42 Å². The van der Waals surface area contributed by atoms with Crippen LogP contribution in [0.2, 0.25) is 0 Å². The summed E-state index contributed by atoms with van der Waals surface area (Å²) in [6, 6.07) is 0. The number of hydrogen-bond acceptors (Lipinski definition) is 6. The van der Waals surface area contributed by atoms with Crippen LogP contribution in [0, 0.1) is 0 Å². The number of anilines is 2. The highest BCUT2D eigenvalue weighted by atomic mass is 32.2. The molecule has 8 heteroatoms. The molecule has 1 heterocycles. The fraction of sp³-hybridized carbons (Fsp3) is 0.417. The van der Waals surface area contributed by atoms with E-state index in [1.807, 2.05) is 6.92 Å². The molecule has 0 fully saturated rings. The highest BCUT2D eigenvalue weighted by Crippen LogP contribution is 2.39. The molecular weight excluding hydrogens is 298 g/mol. The van der Waals surface area contributed by atoms with Crippen molar-refractivity contribution in [2.45, 2.75) is 18.7 Å². The van der Waals surface area contributed by atoms with Crippen molar-refractivity contribution in [3.05, 3.63) is 17.5 Å². The predicted molar refractivity (Wildman–Crippen MR) is 83.2 cm³/mol. The third-order valence-corrected chi connectivity index (χ3v) is 5.64. The van der Waals surface area contributed by atoms with Crippen LogP contribution < -0.4 is 16.4 Å². The molecule has 6 nitrogen and oxygen atoms in total. The Balaban J connectivity index is 3.33. The molecule has 0 aliphatic carbocycles. The Morgan fingerprint density at radius 1 is 1.45 bits per heavy atom. The van der Waals surface area contributed by atoms with E-state index in [4.69, 9.17) is 5.73 Å². The maximum Gasteiger partial charge on any atom is 0.263 e. The maximum absolute atomic E-state index is 12.1. The Labute approximate surface area is 123 Å². The van der Waals surface area contributed by atoms with E-state index in [1.165, 1.54) is 6.08 Å². The largest absolute Gasteiger partial charge is 0.396 e. The molecule has 112 valence electrons. The van der Waals surface area contributed by atoms with E-state index in [-0.39, 0.29) is 21.2 Å². The van der Waals surface area contributed by atoms with Crippen molar-refractivity contribution in [2.24, 2.45) is 0 Å². The van der Waals surface area contributed by atoms with Crippen LogP contribution in [0.5, 0.6) is 0 Å². The lowest BCUT2D eigenvalue weighted by molar-refractivity contribution is 0.0963. The minimum atomic E-state index is -3.49. The van der Waals surface area contributed by atoms with Gasteiger partial charge in [-0.2, -0.15) is 0 Å². The molecule has 0 bridgehead atoms. The molecule has 1 amide bonds. The van der Waals surface area contributed by atoms with E-state index in [0.29, 0.717) is 18.1 Å². The maximum atomic E-state index is 12.1. The lowest BCUT2D eigenvalue weighted by atomic mass is 10.3. The minimum Gasteiger partial charge on any atom is -0.396 e. The zero-order valence-corrected chi connectivity index (χ0v) is 13.2. The van der Waals surface area contributed by atoms with Gasteiger partial charge in [0.1, 0.15) is 14.8 Å². The summed E-state index contributed by atoms with van der Waals surface area (Å²) in [5.41, 5.74) is 5.88. The number of carbonyl (C=O) groups is 1. The quantitative estimate of drug-likeness (QED) is 0.661. The zero-order chi connectivity index (χ0) is 15.3. The summed E-state index contributed by atoms with van der Waals surface area (Å²) >= 11 is 1.05. The lowest BCUT2D eigenvalue weighted by Gasteiger charge is -2.05. The van der Waals surface area contributed by atoms with Crippen molar-refractivity contribution < 1.29 is 13.2 Å². The van der Waals surface area contributed by atoms with Gasteiger partial charge in [0, 0.05) is 13.1 Å². The summed E-state index contributed by atoms with van der Waals surface area (Å²) in [4.78, 5) is 12.2. The molecule has 0 aromatic carbocycles. The van der Waals surface area contributed by atoms with Crippen LogP contribution in [0.15, 0.2) is 17.6 Å². The smallest absolute Gasteiger partial charge is 0.263 e. The number of sulfone groups is 1. The summed E-state index contributed by atoms with van der Waals surface area (Å²) < 4.78 is 24.2. The standard InChI is InChI=1S/C12H19N3O3S2/c1-4-7-15-11(16)9-8(13)10(20(17,18)6-3)12(19-9)14-5-2/h4,14H,1,5-7,13H2,2-3H3,(H,15,16). The fourth-order valence-corrected chi connectivity index (χ4v) is 4.22. The van der Waals surface area contributed by atoms with Gasteiger partial charge < -0.3 is 16.4 Å². The molecule has 0 spiro atoms. The molecule has 0 aliphatic heterocycles. The summed E-state index contributed by atoms with van der Waals surface area (Å²) in [6.07, 6.45) is 1.54. The van der Waals surface area contributed by atoms with Gasteiger partial charge in [-0.1, -0.05) is 13.0 Å². The Hall–Kier alpha value is -1.54. The number of rotatable bonds is 7. The van der Waals surface area contributed by atoms with Crippen LogP contribution in [0.3, 0.4) is 0 Å². The highest BCUT2D eigenvalue weighted by Gasteiger charge is 2.28. The third-order valence-electron chi connectivity index (χ3n) is 2.54. The Morgan fingerprint density at radius 3 is 2.60 bits per heavy atom. The summed E-state index contributed by atoms with van der Waals surface area (Å²) in [5.74, 6) is -0.468. The molecular formula is C12H19N3O3S2. The molecule has 20 heavy (non-hydrogen) atoms. The molecule has 0 radical (unpaired) electrons. The molecule has 0 aliphatic rings. The van der Waals surface area contributed by atoms with Crippen LogP contribution in [0.25, 0.3) is 0 Å². The van der Waals surface area contributed by atoms with Crippen molar-refractivity contribution in [2.75, 3.05) is 29.9 Å². The van der Waals surface area contributed by atoms with Crippen LogP contribution in [-0.2, 0) is 9.84 Å². The summed E-state index contributed by atoms with van der Waals surface area (Å²) in [6.45, 7) is 7.72. The van der Waals surface area contributed by atoms with Gasteiger partial charge in [-0.05, 0) is 6.92 Å². The first-order valence-electron chi connectivity index (χ1n) is 6.16. The number of nitrogens with one attached hydrogen (secondary N) is 2. The van der Waals surface area contributed by atoms with Gasteiger partial charge in [-0.15, -0.1) is 17.9 Å². The van der Waals surface area contributed by atoms with Gasteiger partial charge >= 0.3 is 0 Å². The normalized spacial score (nSPS) is 11.1. The zero-order valence-electron chi connectivity index (χ0n) is 11.5. The first kappa shape index (κ1) is 16.5. The minimum absolute atomic E-state index is 0.00867. The number of carbonyl (C=O) groups excluding carboxylic acids is 1. The van der Waals surface area contributed by atoms with E-state index in [1.54, 1.807) is 6.92 Å². The number of nitrogen functional groups attached to an aromatic ring is 1. The van der Waals surface area contributed by atoms with E-state index in [0.717, 1.165) is 11.3 Å². The van der Waals surface area contributed by atoms with Crippen molar-refractivity contribution in [3.8, 4) is 0 Å². The molecule has 0 saturated carbocycles. The highest BCUT2D eigenvalue weighted by molar-refractivity contribution is 7.91. The second-order valence-electron chi connectivity index (χ2n) is 3.94. The number of amides is 1. The summed E-state index contributed by atoms with van der Waals surface area (Å²) in [7, 11) is -3.49. The first-order valence-corrected chi connectivity index (χ1v) is 8.63. The van der Waals surface area contributed by atoms with Crippen molar-refractivity contribution in [3.63, 3.8) is 0 Å². The Bertz CT molecular complexity index is 606. The van der Waals surface area contributed by atoms with Crippen LogP contribution in [0.4, 0.5) is 10.7 Å². The average molecular weight is 317 g/mol. The Kier molecular flexibility index (Phi) is 5.58. The second-order valence-corrected chi connectivity index (χ2v) is 7.17. The molecule has 1 aromatic rings. The van der Waals surface area contributed by atoms with Crippen molar-refractivity contribution in [1.29, 1.82) is 0 Å². The van der Waals surface area contributed by atoms with Gasteiger partial charge in [0.15, 0.2) is 9.84 Å². The van der Waals surface area contributed by atoms with Gasteiger partial charge in [0.2, 0.25) is 0 Å². The predicted octanol–water partition coefficient (Wildman–Crippen LogP) is 1.47. The molecule has 0 atom stereocenters. The van der Waals surface area contributed by atoms with Crippen LogP contribution in [0.1, 0.15) is 23.5 Å². The summed E-state index contributed by atoms with van der Waals surface area (Å²) in [5, 5.41) is 5.95. The van der Waals surface area contributed by atoms with E-state index in [2.05, 4.69) is 17.2 Å².